The molecule has 0 spiro atoms. The van der Waals surface area contributed by atoms with Crippen LogP contribution in [-0.2, 0) is 11.3 Å². The fourth-order valence-electron chi connectivity index (χ4n) is 3.24. The number of pyridine rings is 1. The summed E-state index contributed by atoms with van der Waals surface area (Å²) in [7, 11) is 0. The average molecular weight is 351 g/mol. The van der Waals surface area contributed by atoms with E-state index in [0.717, 1.165) is 57.1 Å². The monoisotopic (exact) mass is 351 g/mol. The van der Waals surface area contributed by atoms with Crippen molar-refractivity contribution in [3.8, 4) is 0 Å². The van der Waals surface area contributed by atoms with Gasteiger partial charge in [0, 0.05) is 44.6 Å². The van der Waals surface area contributed by atoms with Crippen LogP contribution in [0.15, 0.2) is 48.7 Å². The number of hydrogen-bond donors (Lipinski definition) is 2. The van der Waals surface area contributed by atoms with E-state index in [9.17, 15) is 4.79 Å². The molecule has 1 aliphatic carbocycles. The van der Waals surface area contributed by atoms with Gasteiger partial charge in [-0.1, -0.05) is 18.2 Å². The van der Waals surface area contributed by atoms with Gasteiger partial charge < -0.3 is 16.0 Å². The van der Waals surface area contributed by atoms with Gasteiger partial charge in [-0.3, -0.25) is 9.69 Å². The van der Waals surface area contributed by atoms with E-state index in [1.165, 1.54) is 5.56 Å². The van der Waals surface area contributed by atoms with E-state index in [2.05, 4.69) is 38.3 Å². The molecule has 2 fully saturated rings. The third-order valence-electron chi connectivity index (χ3n) is 5.20. The summed E-state index contributed by atoms with van der Waals surface area (Å²) in [5.41, 5.74) is 7.35. The summed E-state index contributed by atoms with van der Waals surface area (Å²) in [5, 5.41) is 2.91. The van der Waals surface area contributed by atoms with Gasteiger partial charge in [0.25, 0.3) is 0 Å². The summed E-state index contributed by atoms with van der Waals surface area (Å²) >= 11 is 0. The van der Waals surface area contributed by atoms with Gasteiger partial charge in [0.1, 0.15) is 5.82 Å². The van der Waals surface area contributed by atoms with Crippen LogP contribution in [0.1, 0.15) is 18.4 Å². The number of anilines is 2. The van der Waals surface area contributed by atoms with Crippen LogP contribution in [0.3, 0.4) is 0 Å². The number of benzene rings is 1. The second kappa shape index (κ2) is 7.05. The van der Waals surface area contributed by atoms with Gasteiger partial charge in [-0.05, 0) is 42.7 Å². The van der Waals surface area contributed by atoms with E-state index in [4.69, 9.17) is 5.73 Å². The molecule has 26 heavy (non-hydrogen) atoms. The molecule has 2 heterocycles. The lowest BCUT2D eigenvalue weighted by Gasteiger charge is -2.35. The standard InChI is InChI=1S/C20H25N5O/c21-20(8-9-20)19(26)23-17-6-4-16(5-7-17)15-24-11-13-25(14-12-24)18-3-1-2-10-22-18/h1-7,10H,8-9,11-15,21H2,(H,23,26). The van der Waals surface area contributed by atoms with E-state index < -0.39 is 5.54 Å². The predicted octanol–water partition coefficient (Wildman–Crippen LogP) is 1.83. The molecule has 2 aliphatic rings. The van der Waals surface area contributed by atoms with Crippen molar-refractivity contribution in [2.75, 3.05) is 36.4 Å². The summed E-state index contributed by atoms with van der Waals surface area (Å²) in [6.07, 6.45) is 3.40. The number of carbonyl (C=O) groups is 1. The summed E-state index contributed by atoms with van der Waals surface area (Å²) in [6.45, 7) is 4.94. The van der Waals surface area contributed by atoms with E-state index in [-0.39, 0.29) is 5.91 Å². The lowest BCUT2D eigenvalue weighted by molar-refractivity contribution is -0.118. The summed E-state index contributed by atoms with van der Waals surface area (Å²) in [4.78, 5) is 21.2. The van der Waals surface area contributed by atoms with Crippen molar-refractivity contribution < 1.29 is 4.79 Å². The van der Waals surface area contributed by atoms with Crippen LogP contribution in [0.5, 0.6) is 0 Å². The molecule has 4 rings (SSSR count). The van der Waals surface area contributed by atoms with Crippen molar-refractivity contribution in [2.45, 2.75) is 24.9 Å². The van der Waals surface area contributed by atoms with Crippen molar-refractivity contribution in [1.29, 1.82) is 0 Å². The lowest BCUT2D eigenvalue weighted by Crippen LogP contribution is -2.46. The van der Waals surface area contributed by atoms with Gasteiger partial charge >= 0.3 is 0 Å². The quantitative estimate of drug-likeness (QED) is 0.860. The largest absolute Gasteiger partial charge is 0.354 e. The number of carbonyl (C=O) groups excluding carboxylic acids is 1. The summed E-state index contributed by atoms with van der Waals surface area (Å²) < 4.78 is 0. The molecule has 1 aromatic heterocycles. The lowest BCUT2D eigenvalue weighted by atomic mass is 10.1. The third-order valence-corrected chi connectivity index (χ3v) is 5.20. The SMILES string of the molecule is NC1(C(=O)Nc2ccc(CN3CCN(c4ccccn4)CC3)cc2)CC1. The molecule has 0 atom stereocenters. The Morgan fingerprint density at radius 2 is 1.81 bits per heavy atom. The van der Waals surface area contributed by atoms with Gasteiger partial charge in [-0.2, -0.15) is 0 Å². The zero-order chi connectivity index (χ0) is 18.0. The minimum Gasteiger partial charge on any atom is -0.354 e. The first-order valence-electron chi connectivity index (χ1n) is 9.20. The molecule has 2 aromatic rings. The molecule has 0 bridgehead atoms. The van der Waals surface area contributed by atoms with Crippen molar-refractivity contribution >= 4 is 17.4 Å². The Morgan fingerprint density at radius 1 is 1.08 bits per heavy atom. The minimum atomic E-state index is -0.633. The molecule has 6 nitrogen and oxygen atoms in total. The third kappa shape index (κ3) is 3.86. The van der Waals surface area contributed by atoms with Gasteiger partial charge in [-0.25, -0.2) is 4.98 Å². The predicted molar refractivity (Wildman–Crippen MR) is 103 cm³/mol. The molecule has 3 N–H and O–H groups in total. The topological polar surface area (TPSA) is 74.5 Å². The van der Waals surface area contributed by atoms with E-state index >= 15 is 0 Å². The number of amides is 1. The zero-order valence-electron chi connectivity index (χ0n) is 14.9. The fourth-order valence-corrected chi connectivity index (χ4v) is 3.24. The van der Waals surface area contributed by atoms with Crippen molar-refractivity contribution in [3.05, 3.63) is 54.2 Å². The first-order chi connectivity index (χ1) is 12.6. The highest BCUT2D eigenvalue weighted by atomic mass is 16.2. The second-order valence-electron chi connectivity index (χ2n) is 7.26. The number of aromatic nitrogens is 1. The highest BCUT2D eigenvalue weighted by molar-refractivity contribution is 6.00. The number of nitrogens with zero attached hydrogens (tertiary/aromatic N) is 3. The van der Waals surface area contributed by atoms with E-state index in [1.807, 2.05) is 30.5 Å². The Labute approximate surface area is 154 Å². The van der Waals surface area contributed by atoms with Crippen LogP contribution < -0.4 is 16.0 Å². The molecular formula is C20H25N5O. The number of nitrogens with one attached hydrogen (secondary N) is 1. The van der Waals surface area contributed by atoms with E-state index in [1.54, 1.807) is 0 Å². The Balaban J connectivity index is 1.28. The minimum absolute atomic E-state index is 0.0732. The van der Waals surface area contributed by atoms with Crippen LogP contribution in [0.25, 0.3) is 0 Å². The molecule has 0 radical (unpaired) electrons. The Hall–Kier alpha value is -2.44. The number of piperazine rings is 1. The molecule has 1 saturated carbocycles. The Kier molecular flexibility index (Phi) is 4.61. The van der Waals surface area contributed by atoms with Crippen molar-refractivity contribution in [1.82, 2.24) is 9.88 Å². The molecule has 0 unspecified atom stereocenters. The normalized spacial score (nSPS) is 19.2. The summed E-state index contributed by atoms with van der Waals surface area (Å²) in [6, 6.07) is 14.1. The maximum Gasteiger partial charge on any atom is 0.244 e. The number of rotatable bonds is 5. The average Bonchev–Trinajstić information content (AvgIpc) is 3.44. The first-order valence-corrected chi connectivity index (χ1v) is 9.20. The van der Waals surface area contributed by atoms with Gasteiger partial charge in [0.05, 0.1) is 5.54 Å². The second-order valence-corrected chi connectivity index (χ2v) is 7.26. The highest BCUT2D eigenvalue weighted by Crippen LogP contribution is 2.33. The molecule has 136 valence electrons. The summed E-state index contributed by atoms with van der Waals surface area (Å²) in [5.74, 6) is 0.983. The fraction of sp³-hybridized carbons (Fsp3) is 0.400. The molecule has 1 aromatic carbocycles. The Morgan fingerprint density at radius 3 is 2.42 bits per heavy atom. The highest BCUT2D eigenvalue weighted by Gasteiger charge is 2.45. The smallest absolute Gasteiger partial charge is 0.244 e. The maximum atomic E-state index is 12.0. The van der Waals surface area contributed by atoms with Gasteiger partial charge in [0.15, 0.2) is 0 Å². The van der Waals surface area contributed by atoms with E-state index in [0.29, 0.717) is 0 Å². The zero-order valence-corrected chi connectivity index (χ0v) is 14.9. The van der Waals surface area contributed by atoms with Crippen LogP contribution in [-0.4, -0.2) is 47.5 Å². The maximum absolute atomic E-state index is 12.0. The van der Waals surface area contributed by atoms with Gasteiger partial charge in [-0.15, -0.1) is 0 Å². The molecule has 1 aliphatic heterocycles. The van der Waals surface area contributed by atoms with Crippen LogP contribution >= 0.6 is 0 Å². The Bertz CT molecular complexity index is 750. The first kappa shape index (κ1) is 17.0. The molecular weight excluding hydrogens is 326 g/mol. The van der Waals surface area contributed by atoms with Crippen molar-refractivity contribution in [2.24, 2.45) is 5.73 Å². The van der Waals surface area contributed by atoms with Gasteiger partial charge in [0.2, 0.25) is 5.91 Å². The number of hydrogen-bond acceptors (Lipinski definition) is 5. The molecule has 1 saturated heterocycles. The van der Waals surface area contributed by atoms with Crippen LogP contribution in [0.2, 0.25) is 0 Å². The molecule has 6 heteroatoms. The van der Waals surface area contributed by atoms with Crippen molar-refractivity contribution in [3.63, 3.8) is 0 Å². The molecule has 1 amide bonds. The number of nitrogens with two attached hydrogens (primary N) is 1. The van der Waals surface area contributed by atoms with Crippen LogP contribution in [0, 0.1) is 0 Å². The van der Waals surface area contributed by atoms with Crippen LogP contribution in [0.4, 0.5) is 11.5 Å².